The molecule has 2 aliphatic rings. The third-order valence-electron chi connectivity index (χ3n) is 8.04. The van der Waals surface area contributed by atoms with Gasteiger partial charge in [0.15, 0.2) is 5.71 Å². The lowest BCUT2D eigenvalue weighted by molar-refractivity contribution is -0.401. The maximum atomic E-state index is 12.9. The number of likely N-dealkylation sites (N-methyl/N-ethyl adjacent to an activating group) is 1. The molecule has 0 N–H and O–H groups in total. The Morgan fingerprint density at radius 3 is 2.50 bits per heavy atom. The third-order valence-corrected chi connectivity index (χ3v) is 8.04. The molecule has 1 atom stereocenters. The van der Waals surface area contributed by atoms with E-state index in [1.54, 1.807) is 6.07 Å². The highest BCUT2D eigenvalue weighted by molar-refractivity contribution is 6.04. The number of nitrogens with zero attached hydrogens (tertiary/aromatic N) is 2. The molecule has 0 spiro atoms. The summed E-state index contributed by atoms with van der Waals surface area (Å²) < 4.78 is 45.0. The topological polar surface area (TPSA) is 15.5 Å². The maximum absolute atomic E-state index is 12.9. The summed E-state index contributed by atoms with van der Waals surface area (Å²) in [6.07, 6.45) is 3.89. The minimum Gasteiger partial charge on any atom is -0.406 e. The monoisotopic (exact) mass is 517 g/mol. The lowest BCUT2D eigenvalue weighted by Crippen LogP contribution is -2.30. The Bertz CT molecular complexity index is 1540. The molecule has 0 bridgehead atoms. The van der Waals surface area contributed by atoms with E-state index in [9.17, 15) is 13.2 Å². The molecule has 3 nitrogen and oxygen atoms in total. The number of alkyl halides is 3. The van der Waals surface area contributed by atoms with E-state index in [1.165, 1.54) is 39.9 Å². The van der Waals surface area contributed by atoms with E-state index in [4.69, 9.17) is 0 Å². The van der Waals surface area contributed by atoms with E-state index in [0.717, 1.165) is 17.0 Å². The van der Waals surface area contributed by atoms with Gasteiger partial charge in [0.1, 0.15) is 12.8 Å². The van der Waals surface area contributed by atoms with Crippen molar-refractivity contribution < 1.29 is 22.5 Å². The van der Waals surface area contributed by atoms with E-state index >= 15 is 0 Å². The second-order valence-electron chi connectivity index (χ2n) is 10.8. The minimum absolute atomic E-state index is 0.210. The molecule has 2 aliphatic heterocycles. The van der Waals surface area contributed by atoms with Crippen molar-refractivity contribution in [3.63, 3.8) is 0 Å². The second kappa shape index (κ2) is 8.90. The first-order chi connectivity index (χ1) is 17.9. The molecular formula is C32H32F3N2O+. The number of hydrogen-bond acceptors (Lipinski definition) is 2. The van der Waals surface area contributed by atoms with Crippen LogP contribution in [0.3, 0.4) is 0 Å². The van der Waals surface area contributed by atoms with Gasteiger partial charge in [-0.25, -0.2) is 0 Å². The standard InChI is InChI=1S/C32H32F3N2O/c1-7-19-31(4)24-20-22(38-32(33,34)35)16-18-25(24)36(5)28(31)14-10-13-27-30(2,3)29-23-12-9-8-11-21(23)15-17-26(29)37(27)6/h7-18,20H,1,19H2,2-6H3/q+1. The molecule has 196 valence electrons. The smallest absolute Gasteiger partial charge is 0.406 e. The zero-order valence-corrected chi connectivity index (χ0v) is 22.4. The largest absolute Gasteiger partial charge is 0.573 e. The van der Waals surface area contributed by atoms with Crippen LogP contribution in [0.25, 0.3) is 10.8 Å². The van der Waals surface area contributed by atoms with Crippen LogP contribution in [0.1, 0.15) is 38.3 Å². The molecule has 0 radical (unpaired) electrons. The Labute approximate surface area is 221 Å². The zero-order valence-electron chi connectivity index (χ0n) is 22.4. The maximum Gasteiger partial charge on any atom is 0.573 e. The van der Waals surface area contributed by atoms with Crippen LogP contribution in [0.5, 0.6) is 5.75 Å². The van der Waals surface area contributed by atoms with Gasteiger partial charge in [-0.05, 0) is 54.0 Å². The lowest BCUT2D eigenvalue weighted by atomic mass is 9.76. The Balaban J connectivity index is 1.53. The van der Waals surface area contributed by atoms with Crippen LogP contribution in [-0.2, 0) is 10.8 Å². The highest BCUT2D eigenvalue weighted by Crippen LogP contribution is 2.50. The van der Waals surface area contributed by atoms with Crippen LogP contribution < -0.4 is 9.64 Å². The van der Waals surface area contributed by atoms with Crippen LogP contribution in [0.4, 0.5) is 24.5 Å². The molecule has 3 aromatic carbocycles. The summed E-state index contributed by atoms with van der Waals surface area (Å²) >= 11 is 0. The zero-order chi connectivity index (χ0) is 27.5. The number of ether oxygens (including phenoxy) is 1. The van der Waals surface area contributed by atoms with Crippen molar-refractivity contribution in [2.24, 2.45) is 0 Å². The second-order valence-corrected chi connectivity index (χ2v) is 10.8. The Morgan fingerprint density at radius 2 is 1.79 bits per heavy atom. The van der Waals surface area contributed by atoms with Crippen LogP contribution in [0, 0.1) is 0 Å². The first-order valence-corrected chi connectivity index (χ1v) is 12.7. The molecule has 0 aromatic heterocycles. The van der Waals surface area contributed by atoms with Gasteiger partial charge in [-0.1, -0.05) is 56.3 Å². The number of rotatable bonds is 5. The minimum atomic E-state index is -4.74. The molecule has 0 amide bonds. The quantitative estimate of drug-likeness (QED) is 0.251. The van der Waals surface area contributed by atoms with Gasteiger partial charge >= 0.3 is 6.36 Å². The molecule has 38 heavy (non-hydrogen) atoms. The Morgan fingerprint density at radius 1 is 1.05 bits per heavy atom. The number of fused-ring (bicyclic) bond motifs is 4. The van der Waals surface area contributed by atoms with E-state index in [1.807, 2.05) is 30.7 Å². The molecule has 6 heteroatoms. The van der Waals surface area contributed by atoms with Gasteiger partial charge in [-0.2, -0.15) is 4.58 Å². The van der Waals surface area contributed by atoms with Gasteiger partial charge in [-0.3, -0.25) is 0 Å². The van der Waals surface area contributed by atoms with Gasteiger partial charge in [0, 0.05) is 41.6 Å². The molecule has 0 fully saturated rings. The molecule has 0 saturated heterocycles. The summed E-state index contributed by atoms with van der Waals surface area (Å²) in [6, 6.07) is 17.4. The number of halogens is 3. The summed E-state index contributed by atoms with van der Waals surface area (Å²) in [4.78, 5) is 2.24. The highest BCUT2D eigenvalue weighted by atomic mass is 19.4. The SMILES string of the molecule is C=CCC1(C)C(/C=C/C=C2/N(C)c3ccc4ccccc4c3C2(C)C)=[N+](C)c2ccc(OC(F)(F)F)cc21. The summed E-state index contributed by atoms with van der Waals surface area (Å²) in [6.45, 7) is 10.4. The van der Waals surface area contributed by atoms with Gasteiger partial charge < -0.3 is 9.64 Å². The molecule has 0 saturated carbocycles. The van der Waals surface area contributed by atoms with Crippen molar-refractivity contribution in [3.05, 3.63) is 102 Å². The van der Waals surface area contributed by atoms with E-state index < -0.39 is 11.8 Å². The molecule has 2 heterocycles. The Hall–Kier alpha value is -3.80. The summed E-state index contributed by atoms with van der Waals surface area (Å²) in [7, 11) is 4.04. The summed E-state index contributed by atoms with van der Waals surface area (Å²) in [5.41, 5.74) is 5.53. The number of hydrogen-bond donors (Lipinski definition) is 0. The van der Waals surface area contributed by atoms with Crippen molar-refractivity contribution in [3.8, 4) is 5.75 Å². The van der Waals surface area contributed by atoms with Gasteiger partial charge in [0.25, 0.3) is 0 Å². The first kappa shape index (κ1) is 25.8. The van der Waals surface area contributed by atoms with Gasteiger partial charge in [0.2, 0.25) is 5.69 Å². The fourth-order valence-electron chi connectivity index (χ4n) is 6.31. The van der Waals surface area contributed by atoms with E-state index in [-0.39, 0.29) is 11.2 Å². The van der Waals surface area contributed by atoms with Crippen LogP contribution in [0.15, 0.2) is 91.2 Å². The van der Waals surface area contributed by atoms with Crippen molar-refractivity contribution in [2.75, 3.05) is 19.0 Å². The van der Waals surface area contributed by atoms with Crippen molar-refractivity contribution in [1.82, 2.24) is 0 Å². The fourth-order valence-corrected chi connectivity index (χ4v) is 6.31. The van der Waals surface area contributed by atoms with Crippen LogP contribution in [-0.4, -0.2) is 30.7 Å². The molecule has 3 aromatic rings. The Kier molecular flexibility index (Phi) is 6.05. The predicted octanol–water partition coefficient (Wildman–Crippen LogP) is 8.17. The third kappa shape index (κ3) is 4.03. The first-order valence-electron chi connectivity index (χ1n) is 12.7. The average molecular weight is 518 g/mol. The van der Waals surface area contributed by atoms with Crippen LogP contribution >= 0.6 is 0 Å². The molecule has 5 rings (SSSR count). The van der Waals surface area contributed by atoms with E-state index in [0.29, 0.717) is 6.42 Å². The average Bonchev–Trinajstić information content (AvgIpc) is 3.17. The van der Waals surface area contributed by atoms with Crippen molar-refractivity contribution in [1.29, 1.82) is 0 Å². The highest BCUT2D eigenvalue weighted by Gasteiger charge is 2.46. The van der Waals surface area contributed by atoms with Gasteiger partial charge in [-0.15, -0.1) is 19.8 Å². The molecule has 0 aliphatic carbocycles. The van der Waals surface area contributed by atoms with Gasteiger partial charge in [0.05, 0.1) is 5.41 Å². The predicted molar refractivity (Wildman–Crippen MR) is 149 cm³/mol. The number of allylic oxidation sites excluding steroid dienone is 5. The van der Waals surface area contributed by atoms with Crippen molar-refractivity contribution >= 4 is 27.9 Å². The molecule has 1 unspecified atom stereocenters. The summed E-state index contributed by atoms with van der Waals surface area (Å²) in [5, 5.41) is 2.48. The molecular weight excluding hydrogens is 485 g/mol. The normalized spacial score (nSPS) is 21.5. The van der Waals surface area contributed by atoms with E-state index in [2.05, 4.69) is 85.7 Å². The fraction of sp³-hybridized carbons (Fsp3) is 0.281. The number of benzene rings is 3. The number of anilines is 1. The lowest BCUT2D eigenvalue weighted by Gasteiger charge is -2.24. The van der Waals surface area contributed by atoms with Crippen molar-refractivity contribution in [2.45, 2.75) is 44.4 Å². The summed E-state index contributed by atoms with van der Waals surface area (Å²) in [5.74, 6) is -0.216. The van der Waals surface area contributed by atoms with Crippen LogP contribution in [0.2, 0.25) is 0 Å².